The van der Waals surface area contributed by atoms with Crippen LogP contribution in [-0.2, 0) is 13.0 Å². The Kier molecular flexibility index (Phi) is 9.35. The maximum Gasteiger partial charge on any atom is 0.387 e. The van der Waals surface area contributed by atoms with Gasteiger partial charge in [-0.3, -0.25) is 4.99 Å². The van der Waals surface area contributed by atoms with Crippen molar-refractivity contribution in [1.82, 2.24) is 15.6 Å². The van der Waals surface area contributed by atoms with Crippen LogP contribution in [0.4, 0.5) is 8.78 Å². The van der Waals surface area contributed by atoms with Crippen LogP contribution in [0.1, 0.15) is 16.8 Å². The topological polar surface area (TPSA) is 70.7 Å². The highest BCUT2D eigenvalue weighted by atomic mass is 127. The number of nitrogens with one attached hydrogen (secondary N) is 3. The Bertz CT molecular complexity index is 1020. The predicted octanol–water partition coefficient (Wildman–Crippen LogP) is 4.61. The van der Waals surface area contributed by atoms with E-state index in [1.807, 2.05) is 12.1 Å². The molecule has 0 saturated heterocycles. The number of aliphatic imine (C=N–C) groups is 1. The molecule has 0 aliphatic rings. The molecule has 3 N–H and O–H groups in total. The van der Waals surface area contributed by atoms with E-state index >= 15 is 0 Å². The summed E-state index contributed by atoms with van der Waals surface area (Å²) in [6, 6.07) is 13.0. The van der Waals surface area contributed by atoms with Crippen LogP contribution in [0.3, 0.4) is 0 Å². The molecule has 0 saturated carbocycles. The molecule has 31 heavy (non-hydrogen) atoms. The van der Waals surface area contributed by atoms with Crippen molar-refractivity contribution in [2.45, 2.75) is 26.5 Å². The first-order valence-corrected chi connectivity index (χ1v) is 9.64. The number of aromatic nitrogens is 1. The Hall–Kier alpha value is -2.56. The van der Waals surface area contributed by atoms with Gasteiger partial charge in [0.25, 0.3) is 0 Å². The summed E-state index contributed by atoms with van der Waals surface area (Å²) in [6.07, 6.45) is 0.818. The fourth-order valence-corrected chi connectivity index (χ4v) is 3.38. The van der Waals surface area contributed by atoms with Gasteiger partial charge in [-0.25, -0.2) is 0 Å². The molecule has 0 aliphatic heterocycles. The molecule has 3 rings (SSSR count). The van der Waals surface area contributed by atoms with E-state index in [0.717, 1.165) is 17.6 Å². The summed E-state index contributed by atoms with van der Waals surface area (Å²) in [6.45, 7) is 0.104. The summed E-state index contributed by atoms with van der Waals surface area (Å²) in [4.78, 5) is 7.60. The number of H-pyrrole nitrogens is 1. The zero-order valence-electron chi connectivity index (χ0n) is 17.7. The average Bonchev–Trinajstić information content (AvgIpc) is 3.05. The minimum atomic E-state index is -2.91. The molecule has 6 nitrogen and oxygen atoms in total. The number of benzene rings is 2. The molecule has 0 spiro atoms. The Morgan fingerprint density at radius 2 is 1.94 bits per heavy atom. The lowest BCUT2D eigenvalue weighted by Crippen LogP contribution is -2.38. The third-order valence-corrected chi connectivity index (χ3v) is 4.85. The van der Waals surface area contributed by atoms with Gasteiger partial charge >= 0.3 is 6.61 Å². The van der Waals surface area contributed by atoms with E-state index in [1.165, 1.54) is 24.1 Å². The van der Waals surface area contributed by atoms with Gasteiger partial charge in [0, 0.05) is 48.4 Å². The first-order chi connectivity index (χ1) is 14.5. The Balaban J connectivity index is 0.00000341. The molecular weight excluding hydrogens is 517 g/mol. The molecule has 168 valence electrons. The molecule has 9 heteroatoms. The van der Waals surface area contributed by atoms with Crippen molar-refractivity contribution < 1.29 is 18.3 Å². The minimum absolute atomic E-state index is 0. The van der Waals surface area contributed by atoms with Crippen molar-refractivity contribution >= 4 is 40.8 Å². The van der Waals surface area contributed by atoms with Crippen LogP contribution in [0.5, 0.6) is 11.5 Å². The van der Waals surface area contributed by atoms with Crippen molar-refractivity contribution in [2.24, 2.45) is 4.99 Å². The van der Waals surface area contributed by atoms with Crippen LogP contribution in [-0.4, -0.2) is 38.3 Å². The van der Waals surface area contributed by atoms with Gasteiger partial charge in [-0.05, 0) is 37.1 Å². The van der Waals surface area contributed by atoms with Crippen LogP contribution in [0.2, 0.25) is 0 Å². The fourth-order valence-electron chi connectivity index (χ4n) is 3.38. The molecule has 0 fully saturated rings. The standard InChI is InChI=1S/C22H26F2N4O2.HI/c1-14-17(18-6-4-5-7-19(18)28-14)10-11-26-22(25-2)27-13-15-8-9-16(29-3)12-20(15)30-21(23)24;/h4-9,12,21,28H,10-11,13H2,1-3H3,(H2,25,26,27);1H. The predicted molar refractivity (Wildman–Crippen MR) is 130 cm³/mol. The van der Waals surface area contributed by atoms with Gasteiger partial charge in [0.1, 0.15) is 11.5 Å². The van der Waals surface area contributed by atoms with E-state index in [2.05, 4.69) is 44.4 Å². The molecule has 0 bridgehead atoms. The quantitative estimate of drug-likeness (QED) is 0.220. The Labute approximate surface area is 197 Å². The summed E-state index contributed by atoms with van der Waals surface area (Å²) in [7, 11) is 3.14. The van der Waals surface area contributed by atoms with E-state index in [4.69, 9.17) is 4.74 Å². The molecule has 3 aromatic rings. The van der Waals surface area contributed by atoms with Crippen molar-refractivity contribution in [3.05, 3.63) is 59.3 Å². The van der Waals surface area contributed by atoms with Crippen LogP contribution in [0, 0.1) is 6.92 Å². The first-order valence-electron chi connectivity index (χ1n) is 9.64. The number of aromatic amines is 1. The van der Waals surface area contributed by atoms with Crippen molar-refractivity contribution in [3.8, 4) is 11.5 Å². The number of halogens is 3. The largest absolute Gasteiger partial charge is 0.497 e. The number of para-hydroxylation sites is 1. The van der Waals surface area contributed by atoms with E-state index < -0.39 is 6.61 Å². The number of guanidine groups is 1. The molecule has 2 aromatic carbocycles. The maximum absolute atomic E-state index is 12.7. The monoisotopic (exact) mass is 544 g/mol. The molecule has 1 aromatic heterocycles. The van der Waals surface area contributed by atoms with Gasteiger partial charge in [0.2, 0.25) is 0 Å². The third-order valence-electron chi connectivity index (χ3n) is 4.85. The highest BCUT2D eigenvalue weighted by Crippen LogP contribution is 2.26. The van der Waals surface area contributed by atoms with Gasteiger partial charge in [0.15, 0.2) is 5.96 Å². The lowest BCUT2D eigenvalue weighted by atomic mass is 10.1. The second kappa shape index (κ2) is 11.7. The van der Waals surface area contributed by atoms with Crippen molar-refractivity contribution in [2.75, 3.05) is 20.7 Å². The van der Waals surface area contributed by atoms with Crippen LogP contribution in [0.15, 0.2) is 47.5 Å². The number of rotatable bonds is 8. The van der Waals surface area contributed by atoms with Crippen LogP contribution in [0.25, 0.3) is 10.9 Å². The number of nitrogens with zero attached hydrogens (tertiary/aromatic N) is 1. The highest BCUT2D eigenvalue weighted by Gasteiger charge is 2.12. The fraction of sp³-hybridized carbons (Fsp3) is 0.318. The number of aryl methyl sites for hydroxylation is 1. The number of methoxy groups -OCH3 is 1. The summed E-state index contributed by atoms with van der Waals surface area (Å²) in [5.41, 5.74) is 4.11. The van der Waals surface area contributed by atoms with Gasteiger partial charge < -0.3 is 25.1 Å². The number of hydrogen-bond donors (Lipinski definition) is 3. The maximum atomic E-state index is 12.7. The zero-order chi connectivity index (χ0) is 21.5. The number of alkyl halides is 2. The Morgan fingerprint density at radius 3 is 2.65 bits per heavy atom. The summed E-state index contributed by atoms with van der Waals surface area (Å²) >= 11 is 0. The molecule has 0 radical (unpaired) electrons. The number of fused-ring (bicyclic) bond motifs is 1. The molecule has 0 amide bonds. The van der Waals surface area contributed by atoms with E-state index in [-0.39, 0.29) is 36.3 Å². The van der Waals surface area contributed by atoms with E-state index in [0.29, 0.717) is 23.8 Å². The van der Waals surface area contributed by atoms with E-state index in [9.17, 15) is 8.78 Å². The van der Waals surface area contributed by atoms with Gasteiger partial charge in [-0.15, -0.1) is 24.0 Å². The van der Waals surface area contributed by atoms with Crippen LogP contribution < -0.4 is 20.1 Å². The smallest absolute Gasteiger partial charge is 0.387 e. The normalized spacial score (nSPS) is 11.4. The van der Waals surface area contributed by atoms with Gasteiger partial charge in [0.05, 0.1) is 7.11 Å². The Morgan fingerprint density at radius 1 is 1.16 bits per heavy atom. The second-order valence-corrected chi connectivity index (χ2v) is 6.73. The van der Waals surface area contributed by atoms with Gasteiger partial charge in [-0.2, -0.15) is 8.78 Å². The average molecular weight is 544 g/mol. The molecular formula is C22H27F2IN4O2. The summed E-state index contributed by atoms with van der Waals surface area (Å²) in [5.74, 6) is 1.10. The molecule has 1 heterocycles. The molecule has 0 unspecified atom stereocenters. The highest BCUT2D eigenvalue weighted by molar-refractivity contribution is 14.0. The second-order valence-electron chi connectivity index (χ2n) is 6.73. The van der Waals surface area contributed by atoms with Crippen molar-refractivity contribution in [3.63, 3.8) is 0 Å². The van der Waals surface area contributed by atoms with Crippen molar-refractivity contribution in [1.29, 1.82) is 0 Å². The summed E-state index contributed by atoms with van der Waals surface area (Å²) < 4.78 is 35.2. The number of ether oxygens (including phenoxy) is 2. The third kappa shape index (κ3) is 6.46. The lowest BCUT2D eigenvalue weighted by molar-refractivity contribution is -0.0505. The van der Waals surface area contributed by atoms with Gasteiger partial charge in [-0.1, -0.05) is 18.2 Å². The number of hydrogen-bond acceptors (Lipinski definition) is 3. The van der Waals surface area contributed by atoms with E-state index in [1.54, 1.807) is 19.2 Å². The lowest BCUT2D eigenvalue weighted by Gasteiger charge is -2.15. The molecule has 0 aliphatic carbocycles. The first kappa shape index (κ1) is 24.7. The summed E-state index contributed by atoms with van der Waals surface area (Å²) in [5, 5.41) is 7.61. The SMILES string of the molecule is CN=C(NCCc1c(C)[nH]c2ccccc12)NCc1ccc(OC)cc1OC(F)F.I. The molecule has 0 atom stereocenters. The minimum Gasteiger partial charge on any atom is -0.497 e. The zero-order valence-corrected chi connectivity index (χ0v) is 20.0. The van der Waals surface area contributed by atoms with Crippen LogP contribution >= 0.6 is 24.0 Å².